The van der Waals surface area contributed by atoms with Crippen molar-refractivity contribution in [3.8, 4) is 0 Å². The van der Waals surface area contributed by atoms with Crippen LogP contribution in [0.25, 0.3) is 0 Å². The van der Waals surface area contributed by atoms with Crippen molar-refractivity contribution in [2.24, 2.45) is 0 Å². The van der Waals surface area contributed by atoms with Gasteiger partial charge in [-0.3, -0.25) is 9.69 Å². The number of hydrogen-bond acceptors (Lipinski definition) is 2. The molecule has 3 rings (SSSR count). The molecule has 1 aliphatic rings. The molecule has 1 amide bonds. The Morgan fingerprint density at radius 3 is 2.54 bits per heavy atom. The van der Waals surface area contributed by atoms with Gasteiger partial charge in [-0.05, 0) is 36.5 Å². The van der Waals surface area contributed by atoms with Gasteiger partial charge < -0.3 is 5.32 Å². The molecule has 2 aromatic carbocycles. The Hall–Kier alpha value is -2.13. The summed E-state index contributed by atoms with van der Waals surface area (Å²) in [6.45, 7) is 6.48. The predicted octanol–water partition coefficient (Wildman–Crippen LogP) is 3.62. The zero-order valence-corrected chi connectivity index (χ0v) is 14.6. The van der Waals surface area contributed by atoms with E-state index in [1.807, 2.05) is 0 Å². The van der Waals surface area contributed by atoms with Gasteiger partial charge in [-0.2, -0.15) is 0 Å². The second kappa shape index (κ2) is 7.63. The van der Waals surface area contributed by atoms with Crippen LogP contribution in [-0.4, -0.2) is 23.9 Å². The van der Waals surface area contributed by atoms with Crippen LogP contribution in [0.15, 0.2) is 48.5 Å². The van der Waals surface area contributed by atoms with Gasteiger partial charge in [0, 0.05) is 13.1 Å². The lowest BCUT2D eigenvalue weighted by molar-refractivity contribution is -0.123. The lowest BCUT2D eigenvalue weighted by Crippen LogP contribution is -2.41. The molecule has 126 valence electrons. The SMILES string of the molecule is CC[C@H](NC(=O)CN1CCc2ccccc2C1)c1ccc(C)cc1. The number of carbonyl (C=O) groups is 1. The summed E-state index contributed by atoms with van der Waals surface area (Å²) in [5.41, 5.74) is 5.19. The molecule has 1 heterocycles. The van der Waals surface area contributed by atoms with Crippen molar-refractivity contribution < 1.29 is 4.79 Å². The van der Waals surface area contributed by atoms with E-state index in [0.717, 1.165) is 25.9 Å². The third kappa shape index (κ3) is 4.04. The average molecular weight is 322 g/mol. The Morgan fingerprint density at radius 1 is 1.12 bits per heavy atom. The highest BCUT2D eigenvalue weighted by Crippen LogP contribution is 2.19. The first-order chi connectivity index (χ1) is 11.7. The van der Waals surface area contributed by atoms with Crippen molar-refractivity contribution >= 4 is 5.91 Å². The van der Waals surface area contributed by atoms with Crippen molar-refractivity contribution in [2.45, 2.75) is 39.3 Å². The van der Waals surface area contributed by atoms with Crippen molar-refractivity contribution in [3.63, 3.8) is 0 Å². The number of amides is 1. The summed E-state index contributed by atoms with van der Waals surface area (Å²) in [5.74, 6) is 0.113. The van der Waals surface area contributed by atoms with E-state index in [9.17, 15) is 4.79 Å². The minimum absolute atomic E-state index is 0.0928. The molecule has 0 fully saturated rings. The molecule has 0 saturated carbocycles. The van der Waals surface area contributed by atoms with Gasteiger partial charge in [0.15, 0.2) is 0 Å². The average Bonchev–Trinajstić information content (AvgIpc) is 2.60. The number of nitrogens with zero attached hydrogens (tertiary/aromatic N) is 1. The summed E-state index contributed by atoms with van der Waals surface area (Å²) in [6.07, 6.45) is 1.93. The standard InChI is InChI=1S/C21H26N2O/c1-3-20(18-10-8-16(2)9-11-18)22-21(24)15-23-13-12-17-6-4-5-7-19(17)14-23/h4-11,20H,3,12-15H2,1-2H3,(H,22,24)/t20-/m0/s1. The Balaban J connectivity index is 1.58. The molecule has 3 heteroatoms. The van der Waals surface area contributed by atoms with Gasteiger partial charge in [-0.1, -0.05) is 61.0 Å². The van der Waals surface area contributed by atoms with Crippen molar-refractivity contribution in [1.29, 1.82) is 0 Å². The zero-order valence-electron chi connectivity index (χ0n) is 14.6. The van der Waals surface area contributed by atoms with Crippen LogP contribution in [0.3, 0.4) is 0 Å². The monoisotopic (exact) mass is 322 g/mol. The topological polar surface area (TPSA) is 32.3 Å². The van der Waals surface area contributed by atoms with E-state index in [-0.39, 0.29) is 11.9 Å². The molecule has 1 N–H and O–H groups in total. The summed E-state index contributed by atoms with van der Waals surface area (Å²) in [7, 11) is 0. The Labute approximate surface area is 144 Å². The van der Waals surface area contributed by atoms with Gasteiger partial charge in [0.1, 0.15) is 0 Å². The van der Waals surface area contributed by atoms with Gasteiger partial charge in [0.25, 0.3) is 0 Å². The number of rotatable bonds is 5. The van der Waals surface area contributed by atoms with Gasteiger partial charge >= 0.3 is 0 Å². The zero-order chi connectivity index (χ0) is 16.9. The van der Waals surface area contributed by atoms with Crippen LogP contribution < -0.4 is 5.32 Å². The summed E-state index contributed by atoms with van der Waals surface area (Å²) in [6, 6.07) is 17.0. The van der Waals surface area contributed by atoms with Crippen molar-refractivity contribution in [1.82, 2.24) is 10.2 Å². The molecule has 0 radical (unpaired) electrons. The Bertz CT molecular complexity index is 693. The van der Waals surface area contributed by atoms with Crippen LogP contribution in [0.4, 0.5) is 0 Å². The van der Waals surface area contributed by atoms with Crippen LogP contribution in [0.1, 0.15) is 41.6 Å². The minimum Gasteiger partial charge on any atom is -0.348 e. The van der Waals surface area contributed by atoms with E-state index >= 15 is 0 Å². The fraction of sp³-hybridized carbons (Fsp3) is 0.381. The first-order valence-electron chi connectivity index (χ1n) is 8.80. The highest BCUT2D eigenvalue weighted by atomic mass is 16.2. The van der Waals surface area contributed by atoms with Crippen LogP contribution in [0.2, 0.25) is 0 Å². The van der Waals surface area contributed by atoms with Gasteiger partial charge in [-0.25, -0.2) is 0 Å². The fourth-order valence-electron chi connectivity index (χ4n) is 3.35. The molecular weight excluding hydrogens is 296 g/mol. The number of carbonyl (C=O) groups excluding carboxylic acids is 1. The Kier molecular flexibility index (Phi) is 5.31. The minimum atomic E-state index is 0.0928. The maximum absolute atomic E-state index is 12.5. The fourth-order valence-corrected chi connectivity index (χ4v) is 3.35. The highest BCUT2D eigenvalue weighted by Gasteiger charge is 2.19. The molecule has 0 bridgehead atoms. The van der Waals surface area contributed by atoms with E-state index in [0.29, 0.717) is 6.54 Å². The molecule has 0 saturated heterocycles. The second-order valence-electron chi connectivity index (χ2n) is 6.67. The van der Waals surface area contributed by atoms with E-state index in [1.54, 1.807) is 0 Å². The molecule has 0 unspecified atom stereocenters. The molecule has 0 aromatic heterocycles. The third-order valence-electron chi connectivity index (χ3n) is 4.80. The summed E-state index contributed by atoms with van der Waals surface area (Å²) in [5, 5.41) is 3.19. The Morgan fingerprint density at radius 2 is 1.83 bits per heavy atom. The summed E-state index contributed by atoms with van der Waals surface area (Å²) >= 11 is 0. The van der Waals surface area contributed by atoms with Crippen LogP contribution in [0, 0.1) is 6.92 Å². The number of benzene rings is 2. The van der Waals surface area contributed by atoms with Crippen molar-refractivity contribution in [3.05, 3.63) is 70.8 Å². The lowest BCUT2D eigenvalue weighted by atomic mass is 10.00. The van der Waals surface area contributed by atoms with Crippen LogP contribution >= 0.6 is 0 Å². The molecule has 3 nitrogen and oxygen atoms in total. The van der Waals surface area contributed by atoms with Gasteiger partial charge in [0.05, 0.1) is 12.6 Å². The van der Waals surface area contributed by atoms with Crippen molar-refractivity contribution in [2.75, 3.05) is 13.1 Å². The van der Waals surface area contributed by atoms with E-state index < -0.39 is 0 Å². The first-order valence-corrected chi connectivity index (χ1v) is 8.80. The quantitative estimate of drug-likeness (QED) is 0.912. The maximum atomic E-state index is 12.5. The number of aryl methyl sites for hydroxylation is 1. The van der Waals surface area contributed by atoms with E-state index in [1.165, 1.54) is 22.3 Å². The largest absolute Gasteiger partial charge is 0.348 e. The number of hydrogen-bond donors (Lipinski definition) is 1. The van der Waals surface area contributed by atoms with Gasteiger partial charge in [0.2, 0.25) is 5.91 Å². The van der Waals surface area contributed by atoms with Crippen LogP contribution in [0.5, 0.6) is 0 Å². The number of nitrogens with one attached hydrogen (secondary N) is 1. The lowest BCUT2D eigenvalue weighted by Gasteiger charge is -2.29. The smallest absolute Gasteiger partial charge is 0.234 e. The molecule has 0 aliphatic carbocycles. The van der Waals surface area contributed by atoms with Gasteiger partial charge in [-0.15, -0.1) is 0 Å². The molecule has 24 heavy (non-hydrogen) atoms. The molecule has 2 aromatic rings. The molecular formula is C21H26N2O. The molecule has 0 spiro atoms. The third-order valence-corrected chi connectivity index (χ3v) is 4.80. The van der Waals surface area contributed by atoms with Crippen LogP contribution in [-0.2, 0) is 17.8 Å². The van der Waals surface area contributed by atoms with E-state index in [4.69, 9.17) is 0 Å². The molecule has 1 aliphatic heterocycles. The molecule has 1 atom stereocenters. The van der Waals surface area contributed by atoms with E-state index in [2.05, 4.69) is 72.6 Å². The summed E-state index contributed by atoms with van der Waals surface area (Å²) in [4.78, 5) is 14.7. The normalized spacial score (nSPS) is 15.6. The first kappa shape index (κ1) is 16.7. The maximum Gasteiger partial charge on any atom is 0.234 e. The highest BCUT2D eigenvalue weighted by molar-refractivity contribution is 5.78. The number of fused-ring (bicyclic) bond motifs is 1. The predicted molar refractivity (Wildman–Crippen MR) is 97.8 cm³/mol. The second-order valence-corrected chi connectivity index (χ2v) is 6.67. The summed E-state index contributed by atoms with van der Waals surface area (Å²) < 4.78 is 0.